The van der Waals surface area contributed by atoms with Crippen LogP contribution in [0.1, 0.15) is 119 Å². The highest BCUT2D eigenvalue weighted by Gasteiger charge is 2.43. The van der Waals surface area contributed by atoms with E-state index in [0.717, 1.165) is 18.4 Å². The Morgan fingerprint density at radius 3 is 1.95 bits per heavy atom. The Morgan fingerprint density at radius 2 is 1.45 bits per heavy atom. The van der Waals surface area contributed by atoms with Crippen molar-refractivity contribution in [3.05, 3.63) is 35.9 Å². The summed E-state index contributed by atoms with van der Waals surface area (Å²) >= 11 is 0. The minimum Gasteiger partial charge on any atom is -0.441 e. The minimum atomic E-state index is -0.618. The number of Topliss-reactive ketones (excluding diaryl/α,β-unsaturated/α-hetero) is 2. The first-order valence-corrected chi connectivity index (χ1v) is 21.8. The monoisotopic (exact) mass is 815 g/mol. The third-order valence-corrected chi connectivity index (χ3v) is 12.6. The quantitative estimate of drug-likeness (QED) is 0.109. The van der Waals surface area contributed by atoms with Crippen LogP contribution in [0.2, 0.25) is 0 Å². The molecule has 0 aliphatic carbocycles. The van der Waals surface area contributed by atoms with Crippen molar-refractivity contribution in [2.45, 2.75) is 144 Å². The predicted octanol–water partition coefficient (Wildman–Crippen LogP) is 7.20. The summed E-state index contributed by atoms with van der Waals surface area (Å²) in [5.74, 6) is -1.60. The van der Waals surface area contributed by atoms with Gasteiger partial charge in [-0.1, -0.05) is 92.1 Å². The zero-order valence-electron chi connectivity index (χ0n) is 38.3. The maximum atomic E-state index is 14.3. The fraction of sp³-hybridized carbons (Fsp3) is 0.761. The molecule has 3 amide bonds. The number of hydrogen-bond donors (Lipinski definition) is 1. The highest BCUT2D eigenvalue weighted by Crippen LogP contribution is 2.34. The molecule has 330 valence electrons. The molecule has 10 atom stereocenters. The third kappa shape index (κ3) is 13.3. The number of nitrogens with one attached hydrogen (secondary N) is 1. The summed E-state index contributed by atoms with van der Waals surface area (Å²) < 4.78 is 18.2. The topological polar surface area (TPSA) is 135 Å². The van der Waals surface area contributed by atoms with Gasteiger partial charge in [-0.05, 0) is 57.1 Å². The van der Waals surface area contributed by atoms with Gasteiger partial charge in [-0.15, -0.1) is 0 Å². The van der Waals surface area contributed by atoms with Crippen LogP contribution < -0.4 is 5.32 Å². The lowest BCUT2D eigenvalue weighted by molar-refractivity contribution is -0.149. The Morgan fingerprint density at radius 1 is 0.828 bits per heavy atom. The molecule has 1 aliphatic rings. The summed E-state index contributed by atoms with van der Waals surface area (Å²) in [4.78, 5) is 74.3. The highest BCUT2D eigenvalue weighted by atomic mass is 16.6. The predicted molar refractivity (Wildman–Crippen MR) is 229 cm³/mol. The van der Waals surface area contributed by atoms with Crippen LogP contribution in [0.15, 0.2) is 30.3 Å². The summed E-state index contributed by atoms with van der Waals surface area (Å²) in [6.07, 6.45) is 0.363. The van der Waals surface area contributed by atoms with E-state index in [-0.39, 0.29) is 78.4 Å². The Bertz CT molecular complexity index is 1440. The van der Waals surface area contributed by atoms with Crippen molar-refractivity contribution in [2.24, 2.45) is 35.5 Å². The van der Waals surface area contributed by atoms with E-state index in [1.165, 1.54) is 0 Å². The number of likely N-dealkylation sites (N-methyl/N-ethyl adjacent to an activating group) is 2. The normalized spacial score (nSPS) is 19.1. The third-order valence-electron chi connectivity index (χ3n) is 12.6. The molecule has 1 aliphatic heterocycles. The Labute approximate surface area is 350 Å². The number of hydrogen-bond acceptors (Lipinski definition) is 9. The van der Waals surface area contributed by atoms with E-state index in [4.69, 9.17) is 14.2 Å². The molecule has 0 saturated carbocycles. The molecular formula is C46H78N4O8. The van der Waals surface area contributed by atoms with Crippen LogP contribution in [0, 0.1) is 35.5 Å². The lowest BCUT2D eigenvalue weighted by Gasteiger charge is -2.41. The van der Waals surface area contributed by atoms with Crippen LogP contribution in [0.5, 0.6) is 0 Å². The fourth-order valence-electron chi connectivity index (χ4n) is 8.85. The molecule has 1 fully saturated rings. The lowest BCUT2D eigenvalue weighted by atomic mass is 9.84. The number of methoxy groups -OCH3 is 2. The van der Waals surface area contributed by atoms with Crippen molar-refractivity contribution in [1.29, 1.82) is 0 Å². The second-order valence-corrected chi connectivity index (χ2v) is 17.2. The molecule has 58 heavy (non-hydrogen) atoms. The van der Waals surface area contributed by atoms with Crippen molar-refractivity contribution in [1.82, 2.24) is 20.0 Å². The number of amides is 3. The van der Waals surface area contributed by atoms with Gasteiger partial charge in [0, 0.05) is 71.5 Å². The van der Waals surface area contributed by atoms with E-state index in [9.17, 15) is 24.0 Å². The van der Waals surface area contributed by atoms with E-state index in [0.29, 0.717) is 26.1 Å². The molecule has 1 saturated heterocycles. The van der Waals surface area contributed by atoms with Crippen LogP contribution in [0.25, 0.3) is 0 Å². The second-order valence-electron chi connectivity index (χ2n) is 17.2. The van der Waals surface area contributed by atoms with Crippen LogP contribution in [-0.4, -0.2) is 122 Å². The number of carbonyl (C=O) groups excluding carboxylic acids is 5. The van der Waals surface area contributed by atoms with Crippen LogP contribution in [-0.2, 0) is 33.4 Å². The molecule has 0 aromatic heterocycles. The number of benzene rings is 1. The van der Waals surface area contributed by atoms with Crippen molar-refractivity contribution >= 4 is 29.5 Å². The van der Waals surface area contributed by atoms with E-state index in [1.807, 2.05) is 90.6 Å². The van der Waals surface area contributed by atoms with E-state index >= 15 is 0 Å². The van der Waals surface area contributed by atoms with Gasteiger partial charge >= 0.3 is 6.09 Å². The van der Waals surface area contributed by atoms with E-state index in [1.54, 1.807) is 38.1 Å². The summed E-state index contributed by atoms with van der Waals surface area (Å²) in [5.41, 5.74) is 0.823. The van der Waals surface area contributed by atoms with Crippen molar-refractivity contribution in [3.8, 4) is 0 Å². The second kappa shape index (κ2) is 24.7. The summed E-state index contributed by atoms with van der Waals surface area (Å²) in [7, 11) is 6.72. The maximum Gasteiger partial charge on any atom is 0.410 e. The lowest BCUT2D eigenvalue weighted by Crippen LogP contribution is -2.54. The van der Waals surface area contributed by atoms with Gasteiger partial charge < -0.3 is 34.2 Å². The van der Waals surface area contributed by atoms with E-state index in [2.05, 4.69) is 19.2 Å². The number of ketones is 2. The number of carbonyl (C=O) groups is 5. The van der Waals surface area contributed by atoms with Crippen molar-refractivity contribution < 1.29 is 38.2 Å². The number of likely N-dealkylation sites (tertiary alicyclic amines) is 1. The molecule has 0 radical (unpaired) electrons. The largest absolute Gasteiger partial charge is 0.441 e. The molecule has 0 spiro atoms. The first-order chi connectivity index (χ1) is 27.4. The molecule has 12 heteroatoms. The average Bonchev–Trinajstić information content (AvgIpc) is 3.68. The maximum absolute atomic E-state index is 14.3. The SMILES string of the molecule is CC[C@H](C)[C@@H](C(CC(=O)N1CCC[C@H]1[C@H](OC)[C@@H](C)C(=O)C[C@H](C)[C@@H](OC(=O)N(CC)CC)c1ccccc1)OC)N(C)C(=O)[C@@H](CC(=O)[C@@H](NC)C(C)C)C(C)C. The van der Waals surface area contributed by atoms with Crippen LogP contribution in [0.4, 0.5) is 4.79 Å². The van der Waals surface area contributed by atoms with Crippen LogP contribution in [0.3, 0.4) is 0 Å². The molecular weight excluding hydrogens is 737 g/mol. The molecule has 1 N–H and O–H groups in total. The van der Waals surface area contributed by atoms with Gasteiger partial charge in [0.05, 0.1) is 36.8 Å². The van der Waals surface area contributed by atoms with E-state index < -0.39 is 42.3 Å². The smallest absolute Gasteiger partial charge is 0.410 e. The first-order valence-electron chi connectivity index (χ1n) is 21.8. The molecule has 2 rings (SSSR count). The Balaban J connectivity index is 2.29. The molecule has 1 aromatic rings. The molecule has 1 heterocycles. The number of nitrogens with zero attached hydrogens (tertiary/aromatic N) is 3. The van der Waals surface area contributed by atoms with Gasteiger partial charge in [0.1, 0.15) is 11.9 Å². The van der Waals surface area contributed by atoms with Crippen molar-refractivity contribution in [3.63, 3.8) is 0 Å². The van der Waals surface area contributed by atoms with Gasteiger partial charge in [0.15, 0.2) is 5.78 Å². The van der Waals surface area contributed by atoms with Gasteiger partial charge in [-0.3, -0.25) is 19.2 Å². The number of rotatable bonds is 25. The molecule has 0 bridgehead atoms. The summed E-state index contributed by atoms with van der Waals surface area (Å²) in [6, 6.07) is 8.43. The van der Waals surface area contributed by atoms with Gasteiger partial charge in [0.2, 0.25) is 11.8 Å². The van der Waals surface area contributed by atoms with Crippen LogP contribution >= 0.6 is 0 Å². The highest BCUT2D eigenvalue weighted by molar-refractivity contribution is 5.90. The Hall–Kier alpha value is -3.35. The zero-order valence-corrected chi connectivity index (χ0v) is 38.3. The average molecular weight is 815 g/mol. The fourth-order valence-corrected chi connectivity index (χ4v) is 8.85. The molecule has 12 nitrogen and oxygen atoms in total. The summed E-state index contributed by atoms with van der Waals surface area (Å²) in [5, 5.41) is 3.12. The summed E-state index contributed by atoms with van der Waals surface area (Å²) in [6.45, 7) is 21.2. The molecule has 1 unspecified atom stereocenters. The van der Waals surface area contributed by atoms with Gasteiger partial charge in [-0.2, -0.15) is 0 Å². The van der Waals surface area contributed by atoms with Crippen molar-refractivity contribution in [2.75, 3.05) is 47.9 Å². The standard InChI is InChI=1S/C46H78N4O8/c1-15-31(8)42(48(12)45(54)35(29(4)5)27-38(52)41(47-11)30(6)7)39(56-13)28-40(53)50-25-21-24-36(50)44(57-14)33(10)37(51)26-32(9)43(34-22-19-18-20-23-34)58-46(55)49(16-2)17-3/h18-20,22-23,29-33,35-36,39,41-44,47H,15-17,21,24-28H2,1-14H3/t31-,32-,33-,35-,36-,39?,41-,42-,43+,44+/m0/s1. The van der Waals surface area contributed by atoms with Gasteiger partial charge in [-0.25, -0.2) is 4.79 Å². The molecule has 1 aromatic carbocycles. The first kappa shape index (κ1) is 50.8. The zero-order chi connectivity index (χ0) is 43.9. The van der Waals surface area contributed by atoms with Gasteiger partial charge in [0.25, 0.3) is 0 Å². The number of ether oxygens (including phenoxy) is 3. The Kier molecular flexibility index (Phi) is 21.6. The minimum absolute atomic E-state index is 0.00247.